The third-order valence-electron chi connectivity index (χ3n) is 5.35. The van der Waals surface area contributed by atoms with E-state index in [0.29, 0.717) is 5.56 Å². The van der Waals surface area contributed by atoms with Gasteiger partial charge < -0.3 is 0 Å². The number of rotatable bonds is 6. The lowest BCUT2D eigenvalue weighted by Gasteiger charge is -2.19. The SMILES string of the molecule is CC(=NNC(=O)c1ccc(CSc2nc3ccccc3s2)cc1)c1ccc(C(C)(C)C)cc1. The second kappa shape index (κ2) is 9.89. The molecule has 0 unspecified atom stereocenters. The van der Waals surface area contributed by atoms with Crippen molar-refractivity contribution in [3.05, 3.63) is 95.1 Å². The lowest BCUT2D eigenvalue weighted by molar-refractivity contribution is 0.0955. The number of thiazole rings is 1. The minimum Gasteiger partial charge on any atom is -0.267 e. The number of carbonyl (C=O) groups excluding carboxylic acids is 1. The largest absolute Gasteiger partial charge is 0.271 e. The molecule has 4 aromatic rings. The molecule has 1 N–H and O–H groups in total. The number of nitrogens with one attached hydrogen (secondary N) is 1. The van der Waals surface area contributed by atoms with Gasteiger partial charge in [0, 0.05) is 11.3 Å². The van der Waals surface area contributed by atoms with Gasteiger partial charge in [-0.3, -0.25) is 4.79 Å². The Morgan fingerprint density at radius 1 is 0.970 bits per heavy atom. The minimum absolute atomic E-state index is 0.108. The molecule has 0 atom stereocenters. The van der Waals surface area contributed by atoms with E-state index in [1.165, 1.54) is 10.3 Å². The number of amides is 1. The summed E-state index contributed by atoms with van der Waals surface area (Å²) in [4.78, 5) is 17.2. The van der Waals surface area contributed by atoms with Gasteiger partial charge in [0.15, 0.2) is 4.34 Å². The number of aromatic nitrogens is 1. The van der Waals surface area contributed by atoms with Gasteiger partial charge >= 0.3 is 0 Å². The summed E-state index contributed by atoms with van der Waals surface area (Å²) in [5, 5.41) is 4.29. The molecule has 6 heteroatoms. The average Bonchev–Trinajstić information content (AvgIpc) is 3.24. The fraction of sp³-hybridized carbons (Fsp3) is 0.222. The van der Waals surface area contributed by atoms with Crippen LogP contribution in [0.25, 0.3) is 10.2 Å². The van der Waals surface area contributed by atoms with Crippen molar-refractivity contribution >= 4 is 44.9 Å². The van der Waals surface area contributed by atoms with Crippen LogP contribution in [0.15, 0.2) is 82.2 Å². The Bertz CT molecular complexity index is 1250. The maximum absolute atomic E-state index is 12.5. The molecule has 33 heavy (non-hydrogen) atoms. The normalized spacial score (nSPS) is 12.2. The highest BCUT2D eigenvalue weighted by molar-refractivity contribution is 8.00. The van der Waals surface area contributed by atoms with E-state index >= 15 is 0 Å². The Morgan fingerprint density at radius 2 is 1.64 bits per heavy atom. The predicted molar refractivity (Wildman–Crippen MR) is 140 cm³/mol. The number of para-hydroxylation sites is 1. The molecule has 1 aromatic heterocycles. The van der Waals surface area contributed by atoms with E-state index in [-0.39, 0.29) is 11.3 Å². The summed E-state index contributed by atoms with van der Waals surface area (Å²) in [6.45, 7) is 8.46. The third-order valence-corrected chi connectivity index (χ3v) is 7.60. The second-order valence-corrected chi connectivity index (χ2v) is 11.2. The lowest BCUT2D eigenvalue weighted by atomic mass is 9.86. The monoisotopic (exact) mass is 473 g/mol. The summed E-state index contributed by atoms with van der Waals surface area (Å²) in [5.74, 6) is 0.592. The van der Waals surface area contributed by atoms with E-state index in [2.05, 4.69) is 54.5 Å². The molecule has 0 radical (unpaired) electrons. The minimum atomic E-state index is -0.217. The maximum atomic E-state index is 12.5. The zero-order chi connectivity index (χ0) is 23.4. The van der Waals surface area contributed by atoms with Crippen molar-refractivity contribution in [3.8, 4) is 0 Å². The van der Waals surface area contributed by atoms with E-state index in [0.717, 1.165) is 32.4 Å². The number of benzene rings is 3. The van der Waals surface area contributed by atoms with Crippen LogP contribution in [0.2, 0.25) is 0 Å². The summed E-state index contributed by atoms with van der Waals surface area (Å²) in [5.41, 5.74) is 8.58. The first-order chi connectivity index (χ1) is 15.8. The highest BCUT2D eigenvalue weighted by atomic mass is 32.2. The number of nitrogens with zero attached hydrogens (tertiary/aromatic N) is 2. The molecular formula is C27H27N3OS2. The van der Waals surface area contributed by atoms with Crippen molar-refractivity contribution in [2.45, 2.75) is 43.2 Å². The number of hydrazone groups is 1. The van der Waals surface area contributed by atoms with Gasteiger partial charge in [0.2, 0.25) is 0 Å². The zero-order valence-corrected chi connectivity index (χ0v) is 20.9. The van der Waals surface area contributed by atoms with Crippen LogP contribution < -0.4 is 5.43 Å². The number of fused-ring (bicyclic) bond motifs is 1. The summed E-state index contributed by atoms with van der Waals surface area (Å²) < 4.78 is 2.26. The summed E-state index contributed by atoms with van der Waals surface area (Å²) in [6.07, 6.45) is 0. The first-order valence-corrected chi connectivity index (χ1v) is 12.6. The number of thioether (sulfide) groups is 1. The molecule has 0 spiro atoms. The third kappa shape index (κ3) is 5.89. The first-order valence-electron chi connectivity index (χ1n) is 10.8. The highest BCUT2D eigenvalue weighted by Crippen LogP contribution is 2.31. The molecular weight excluding hydrogens is 446 g/mol. The molecule has 0 saturated heterocycles. The Hall–Kier alpha value is -2.96. The highest BCUT2D eigenvalue weighted by Gasteiger charge is 2.13. The Labute approximate surface area is 203 Å². The van der Waals surface area contributed by atoms with Crippen LogP contribution >= 0.6 is 23.1 Å². The van der Waals surface area contributed by atoms with Gasteiger partial charge in [-0.25, -0.2) is 10.4 Å². The number of hydrogen-bond acceptors (Lipinski definition) is 5. The second-order valence-electron chi connectivity index (χ2n) is 8.90. The Kier molecular flexibility index (Phi) is 6.96. The van der Waals surface area contributed by atoms with Gasteiger partial charge in [0.25, 0.3) is 5.91 Å². The molecule has 0 aliphatic heterocycles. The van der Waals surface area contributed by atoms with Crippen LogP contribution in [0.3, 0.4) is 0 Å². The molecule has 0 fully saturated rings. The molecule has 0 bridgehead atoms. The van der Waals surface area contributed by atoms with E-state index in [4.69, 9.17) is 0 Å². The van der Waals surface area contributed by atoms with Crippen LogP contribution in [0.4, 0.5) is 0 Å². The maximum Gasteiger partial charge on any atom is 0.271 e. The quantitative estimate of drug-likeness (QED) is 0.186. The molecule has 4 nitrogen and oxygen atoms in total. The number of hydrogen-bond donors (Lipinski definition) is 1. The van der Waals surface area contributed by atoms with Crippen molar-refractivity contribution in [1.29, 1.82) is 0 Å². The molecule has 4 rings (SSSR count). The smallest absolute Gasteiger partial charge is 0.267 e. The van der Waals surface area contributed by atoms with E-state index < -0.39 is 0 Å². The van der Waals surface area contributed by atoms with Crippen molar-refractivity contribution in [2.75, 3.05) is 0 Å². The fourth-order valence-corrected chi connectivity index (χ4v) is 5.31. The molecule has 1 heterocycles. The average molecular weight is 474 g/mol. The first kappa shape index (κ1) is 23.2. The van der Waals surface area contributed by atoms with Crippen LogP contribution in [-0.4, -0.2) is 16.6 Å². The van der Waals surface area contributed by atoms with Crippen molar-refractivity contribution in [1.82, 2.24) is 10.4 Å². The zero-order valence-electron chi connectivity index (χ0n) is 19.3. The standard InChI is InChI=1S/C27H27N3OS2/c1-18(20-13-15-22(16-14-20)27(2,3)4)29-30-25(31)21-11-9-19(10-12-21)17-32-26-28-23-7-5-6-8-24(23)33-26/h5-16H,17H2,1-4H3,(H,30,31). The van der Waals surface area contributed by atoms with Gasteiger partial charge in [-0.2, -0.15) is 5.10 Å². The summed E-state index contributed by atoms with van der Waals surface area (Å²) in [7, 11) is 0. The predicted octanol–water partition coefficient (Wildman–Crippen LogP) is 7.04. The molecule has 168 valence electrons. The molecule has 0 aliphatic rings. The van der Waals surface area contributed by atoms with E-state index in [1.54, 1.807) is 23.1 Å². The summed E-state index contributed by atoms with van der Waals surface area (Å²) in [6, 6.07) is 24.1. The van der Waals surface area contributed by atoms with Gasteiger partial charge in [0.05, 0.1) is 15.9 Å². The van der Waals surface area contributed by atoms with Gasteiger partial charge in [-0.05, 0) is 53.3 Å². The van der Waals surface area contributed by atoms with E-state index in [9.17, 15) is 4.79 Å². The molecule has 0 saturated carbocycles. The Morgan fingerprint density at radius 3 is 2.30 bits per heavy atom. The molecule has 0 aliphatic carbocycles. The fourth-order valence-electron chi connectivity index (χ4n) is 3.29. The lowest BCUT2D eigenvalue weighted by Crippen LogP contribution is -2.19. The topological polar surface area (TPSA) is 54.4 Å². The van der Waals surface area contributed by atoms with Gasteiger partial charge in [-0.15, -0.1) is 11.3 Å². The van der Waals surface area contributed by atoms with Gasteiger partial charge in [-0.1, -0.05) is 81.1 Å². The van der Waals surface area contributed by atoms with E-state index in [1.807, 2.05) is 61.5 Å². The van der Waals surface area contributed by atoms with Crippen LogP contribution in [-0.2, 0) is 11.2 Å². The van der Waals surface area contributed by atoms with Crippen LogP contribution in [0, 0.1) is 0 Å². The van der Waals surface area contributed by atoms with Crippen molar-refractivity contribution in [2.24, 2.45) is 5.10 Å². The van der Waals surface area contributed by atoms with Crippen LogP contribution in [0.5, 0.6) is 0 Å². The number of carbonyl (C=O) groups is 1. The summed E-state index contributed by atoms with van der Waals surface area (Å²) >= 11 is 3.42. The Balaban J connectivity index is 1.33. The van der Waals surface area contributed by atoms with Crippen molar-refractivity contribution in [3.63, 3.8) is 0 Å². The van der Waals surface area contributed by atoms with Gasteiger partial charge in [0.1, 0.15) is 0 Å². The van der Waals surface area contributed by atoms with Crippen molar-refractivity contribution < 1.29 is 4.79 Å². The molecule has 3 aromatic carbocycles. The van der Waals surface area contributed by atoms with Crippen LogP contribution in [0.1, 0.15) is 54.7 Å². The molecule has 1 amide bonds.